The van der Waals surface area contributed by atoms with Crippen LogP contribution in [0.25, 0.3) is 11.3 Å². The molecule has 0 bridgehead atoms. The normalized spacial score (nSPS) is 11.6. The van der Waals surface area contributed by atoms with Crippen molar-refractivity contribution >= 4 is 19.7 Å². The number of nitrogens with one attached hydrogen (secondary N) is 1. The molecule has 0 atom stereocenters. The fraction of sp³-hybridized carbons (Fsp3) is 0. The summed E-state index contributed by atoms with van der Waals surface area (Å²) in [6.07, 6.45) is 0. The van der Waals surface area contributed by atoms with E-state index in [0.29, 0.717) is 11.3 Å². The quantitative estimate of drug-likeness (QED) is 0.830. The van der Waals surface area contributed by atoms with Crippen LogP contribution in [0.1, 0.15) is 0 Å². The van der Waals surface area contributed by atoms with Gasteiger partial charge in [0.25, 0.3) is 9.05 Å². The Kier molecular flexibility index (Phi) is 2.61. The Hall–Kier alpha value is -1.53. The highest BCUT2D eigenvalue weighted by molar-refractivity contribution is 8.13. The minimum absolute atomic E-state index is 0.00348. The Balaban J connectivity index is 2.44. The van der Waals surface area contributed by atoms with Gasteiger partial charge in [-0.05, 0) is 12.1 Å². The molecule has 0 radical (unpaired) electrons. The predicted molar refractivity (Wildman–Crippen MR) is 57.8 cm³/mol. The topological polar surface area (TPSA) is 80.1 Å². The zero-order valence-corrected chi connectivity index (χ0v) is 9.38. The standard InChI is InChI=1S/C9H6ClNO4S/c10-16(13,14)7-3-1-6(2-4-7)8-5-9(12)15-11-8/h1-5,11H. The fourth-order valence-corrected chi connectivity index (χ4v) is 1.99. The van der Waals surface area contributed by atoms with Crippen molar-refractivity contribution in [3.05, 3.63) is 40.8 Å². The van der Waals surface area contributed by atoms with Crippen molar-refractivity contribution in [2.75, 3.05) is 0 Å². The van der Waals surface area contributed by atoms with E-state index in [0.717, 1.165) is 0 Å². The van der Waals surface area contributed by atoms with Crippen LogP contribution in [0.4, 0.5) is 0 Å². The highest BCUT2D eigenvalue weighted by Crippen LogP contribution is 2.20. The lowest BCUT2D eigenvalue weighted by Crippen LogP contribution is -1.90. The third-order valence-electron chi connectivity index (χ3n) is 1.97. The van der Waals surface area contributed by atoms with E-state index in [2.05, 4.69) is 9.68 Å². The Morgan fingerprint density at radius 2 is 1.81 bits per heavy atom. The number of rotatable bonds is 2. The van der Waals surface area contributed by atoms with Gasteiger partial charge in [0, 0.05) is 16.2 Å². The van der Waals surface area contributed by atoms with Gasteiger partial charge in [-0.1, -0.05) is 12.1 Å². The molecule has 0 fully saturated rings. The van der Waals surface area contributed by atoms with E-state index in [1.807, 2.05) is 0 Å². The maximum Gasteiger partial charge on any atom is 0.357 e. The predicted octanol–water partition coefficient (Wildman–Crippen LogP) is 1.56. The van der Waals surface area contributed by atoms with Crippen LogP contribution in [0.15, 0.2) is 44.5 Å². The number of hydrogen-bond acceptors (Lipinski definition) is 4. The lowest BCUT2D eigenvalue weighted by atomic mass is 10.2. The molecule has 0 amide bonds. The summed E-state index contributed by atoms with van der Waals surface area (Å²) in [4.78, 5) is 10.8. The first-order valence-corrected chi connectivity index (χ1v) is 6.51. The summed E-state index contributed by atoms with van der Waals surface area (Å²) in [7, 11) is 1.44. The highest BCUT2D eigenvalue weighted by atomic mass is 35.7. The third kappa shape index (κ3) is 2.17. The molecule has 0 unspecified atom stereocenters. The maximum atomic E-state index is 11.0. The summed E-state index contributed by atoms with van der Waals surface area (Å²) < 4.78 is 26.4. The lowest BCUT2D eigenvalue weighted by Gasteiger charge is -1.98. The summed E-state index contributed by atoms with van der Waals surface area (Å²) in [5.74, 6) is 0. The number of H-pyrrole nitrogens is 1. The molecule has 0 saturated heterocycles. The monoisotopic (exact) mass is 259 g/mol. The summed E-state index contributed by atoms with van der Waals surface area (Å²) in [5, 5.41) is 2.41. The van der Waals surface area contributed by atoms with Gasteiger partial charge in [0.2, 0.25) is 0 Å². The molecule has 0 spiro atoms. The lowest BCUT2D eigenvalue weighted by molar-refractivity contribution is 0.394. The van der Waals surface area contributed by atoms with Gasteiger partial charge in [-0.3, -0.25) is 0 Å². The molecule has 16 heavy (non-hydrogen) atoms. The molecule has 1 heterocycles. The zero-order chi connectivity index (χ0) is 11.8. The molecule has 5 nitrogen and oxygen atoms in total. The second-order valence-corrected chi connectivity index (χ2v) is 5.61. The second kappa shape index (κ2) is 3.80. The van der Waals surface area contributed by atoms with Crippen LogP contribution >= 0.6 is 10.7 Å². The van der Waals surface area contributed by atoms with Crippen molar-refractivity contribution in [1.29, 1.82) is 0 Å². The Morgan fingerprint density at radius 3 is 2.25 bits per heavy atom. The van der Waals surface area contributed by atoms with Crippen molar-refractivity contribution in [3.63, 3.8) is 0 Å². The van der Waals surface area contributed by atoms with Crippen molar-refractivity contribution in [3.8, 4) is 11.3 Å². The third-order valence-corrected chi connectivity index (χ3v) is 3.34. The van der Waals surface area contributed by atoms with Gasteiger partial charge >= 0.3 is 5.63 Å². The summed E-state index contributed by atoms with van der Waals surface area (Å²) in [6, 6.07) is 7.02. The van der Waals surface area contributed by atoms with Gasteiger partial charge in [0.15, 0.2) is 0 Å². The van der Waals surface area contributed by atoms with Crippen molar-refractivity contribution in [2.45, 2.75) is 4.90 Å². The molecule has 1 aromatic heterocycles. The average molecular weight is 260 g/mol. The molecule has 2 rings (SSSR count). The largest absolute Gasteiger partial charge is 0.357 e. The van der Waals surface area contributed by atoms with Crippen molar-refractivity contribution < 1.29 is 12.9 Å². The highest BCUT2D eigenvalue weighted by Gasteiger charge is 2.10. The van der Waals surface area contributed by atoms with Gasteiger partial charge in [-0.25, -0.2) is 18.4 Å². The SMILES string of the molecule is O=c1cc(-c2ccc(S(=O)(=O)Cl)cc2)[nH]o1. The van der Waals surface area contributed by atoms with E-state index < -0.39 is 14.7 Å². The van der Waals surface area contributed by atoms with Gasteiger partial charge in [0.1, 0.15) is 0 Å². The molecule has 0 aliphatic carbocycles. The van der Waals surface area contributed by atoms with Crippen LogP contribution in [-0.4, -0.2) is 13.6 Å². The first-order chi connectivity index (χ1) is 7.47. The Labute approximate surface area is 95.0 Å². The number of benzene rings is 1. The second-order valence-electron chi connectivity index (χ2n) is 3.04. The summed E-state index contributed by atoms with van der Waals surface area (Å²) >= 11 is 0. The number of hydrogen-bond donors (Lipinski definition) is 1. The molecule has 0 aliphatic rings. The molecule has 0 saturated carbocycles. The average Bonchev–Trinajstić information content (AvgIpc) is 2.64. The van der Waals surface area contributed by atoms with Crippen LogP contribution in [0, 0.1) is 0 Å². The van der Waals surface area contributed by atoms with Gasteiger partial charge < -0.3 is 4.52 Å². The van der Waals surface area contributed by atoms with E-state index in [9.17, 15) is 13.2 Å². The van der Waals surface area contributed by atoms with Crippen LogP contribution < -0.4 is 5.63 Å². The van der Waals surface area contributed by atoms with Crippen LogP contribution in [0.2, 0.25) is 0 Å². The molecule has 0 aliphatic heterocycles. The van der Waals surface area contributed by atoms with E-state index in [1.54, 1.807) is 0 Å². The molecule has 2 aromatic rings. The Morgan fingerprint density at radius 1 is 1.19 bits per heavy atom. The van der Waals surface area contributed by atoms with Crippen molar-refractivity contribution in [2.24, 2.45) is 0 Å². The molecule has 84 valence electrons. The molecule has 7 heteroatoms. The zero-order valence-electron chi connectivity index (χ0n) is 7.81. The van der Waals surface area contributed by atoms with Gasteiger partial charge in [-0.2, -0.15) is 0 Å². The first-order valence-electron chi connectivity index (χ1n) is 4.20. The molecular weight excluding hydrogens is 254 g/mol. The van der Waals surface area contributed by atoms with Gasteiger partial charge in [-0.15, -0.1) is 0 Å². The van der Waals surface area contributed by atoms with Crippen LogP contribution in [-0.2, 0) is 9.05 Å². The summed E-state index contributed by atoms with van der Waals surface area (Å²) in [6.45, 7) is 0. The fourth-order valence-electron chi connectivity index (χ4n) is 1.22. The van der Waals surface area contributed by atoms with Crippen molar-refractivity contribution in [1.82, 2.24) is 5.16 Å². The minimum Gasteiger partial charge on any atom is -0.339 e. The first kappa shape index (κ1) is 11.0. The van der Waals surface area contributed by atoms with E-state index in [4.69, 9.17) is 10.7 Å². The number of aromatic amines is 1. The van der Waals surface area contributed by atoms with Crippen LogP contribution in [0.5, 0.6) is 0 Å². The maximum absolute atomic E-state index is 11.0. The minimum atomic E-state index is -3.72. The smallest absolute Gasteiger partial charge is 0.339 e. The van der Waals surface area contributed by atoms with Crippen LogP contribution in [0.3, 0.4) is 0 Å². The molecule has 1 aromatic carbocycles. The Bertz CT molecular complexity index is 653. The number of aromatic nitrogens is 1. The molecule has 1 N–H and O–H groups in total. The summed E-state index contributed by atoms with van der Waals surface area (Å²) in [5.41, 5.74) is 0.613. The van der Waals surface area contributed by atoms with E-state index in [-0.39, 0.29) is 4.90 Å². The molecular formula is C9H6ClNO4S. The van der Waals surface area contributed by atoms with E-state index >= 15 is 0 Å². The number of halogens is 1. The van der Waals surface area contributed by atoms with E-state index in [1.165, 1.54) is 30.3 Å². The van der Waals surface area contributed by atoms with Gasteiger partial charge in [0.05, 0.1) is 16.7 Å².